The summed E-state index contributed by atoms with van der Waals surface area (Å²) < 4.78 is 0. The molecule has 4 N–H and O–H groups in total. The van der Waals surface area contributed by atoms with Crippen molar-refractivity contribution in [2.24, 2.45) is 29.4 Å². The van der Waals surface area contributed by atoms with E-state index in [1.165, 1.54) is 6.07 Å². The van der Waals surface area contributed by atoms with Crippen LogP contribution in [-0.4, -0.2) is 50.1 Å². The van der Waals surface area contributed by atoms with Gasteiger partial charge in [-0.15, -0.1) is 0 Å². The maximum Gasteiger partial charge on any atom is 0.252 e. The van der Waals surface area contributed by atoms with Crippen molar-refractivity contribution < 1.29 is 39.0 Å². The van der Waals surface area contributed by atoms with Gasteiger partial charge >= 0.3 is 0 Å². The average Bonchev–Trinajstić information content (AvgIpc) is 2.69. The number of carbonyl (C=O) groups excluding carboxylic acids is 6. The van der Waals surface area contributed by atoms with Gasteiger partial charge in [0.2, 0.25) is 5.91 Å². The van der Waals surface area contributed by atoms with E-state index in [1.807, 2.05) is 0 Å². The summed E-state index contributed by atoms with van der Waals surface area (Å²) in [5.41, 5.74) is 2.03. The van der Waals surface area contributed by atoms with Crippen LogP contribution in [0.1, 0.15) is 65.5 Å². The third-order valence-electron chi connectivity index (χ3n) is 7.42. The number of carbonyl (C=O) groups is 6. The summed E-state index contributed by atoms with van der Waals surface area (Å²) in [5, 5.41) is 21.4. The number of ketones is 4. The predicted octanol–water partition coefficient (Wildman–Crippen LogP) is 1.00. The summed E-state index contributed by atoms with van der Waals surface area (Å²) in [4.78, 5) is 76.4. The third-order valence-corrected chi connectivity index (χ3v) is 7.63. The van der Waals surface area contributed by atoms with Gasteiger partial charge in [-0.05, 0) is 47.4 Å². The molecule has 2 fully saturated rings. The normalized spacial score (nSPS) is 31.0. The minimum Gasteiger partial charge on any atom is -0.507 e. The van der Waals surface area contributed by atoms with Gasteiger partial charge in [0.25, 0.3) is 5.24 Å². The van der Waals surface area contributed by atoms with Gasteiger partial charge in [-0.2, -0.15) is 0 Å². The van der Waals surface area contributed by atoms with E-state index in [-0.39, 0.29) is 35.1 Å². The standard InChI is InChI=1S/C24H24ClNO8/c1-23(2,3)12-7-11(21(25)32)10-5-8-4-9-6-13(27)16(22(26)33)20(31)24(9,34)19(30)14(8)18(29)15(10)17(12)28/h7-9,14,16,28,34H,4-6H2,1-3H3,(H2,26,33)/t8-,9+,14?,16?,24+/m1/s1. The molecule has 0 spiro atoms. The van der Waals surface area contributed by atoms with Gasteiger partial charge in [-0.3, -0.25) is 28.8 Å². The molecule has 0 saturated heterocycles. The molecule has 0 heterocycles. The third kappa shape index (κ3) is 3.17. The highest BCUT2D eigenvalue weighted by Crippen LogP contribution is 2.51. The molecule has 0 radical (unpaired) electrons. The molecule has 180 valence electrons. The number of amides is 1. The van der Waals surface area contributed by atoms with E-state index in [1.54, 1.807) is 20.8 Å². The molecule has 34 heavy (non-hydrogen) atoms. The molecule has 1 aromatic rings. The molecule has 1 amide bonds. The molecule has 3 aliphatic rings. The van der Waals surface area contributed by atoms with E-state index < -0.39 is 81.1 Å². The SMILES string of the molecule is CC(C)(C)c1cc(C(=O)Cl)c2c(c1O)C(=O)C1C(=O)[C@]3(O)C(=O)C(C(N)=O)C(=O)C[C@@H]3C[C@@H]1C2. The summed E-state index contributed by atoms with van der Waals surface area (Å²) in [6.07, 6.45) is -0.489. The number of primary amides is 1. The Hall–Kier alpha value is -2.91. The number of aromatic hydroxyl groups is 1. The van der Waals surface area contributed by atoms with Crippen LogP contribution >= 0.6 is 11.6 Å². The number of rotatable bonds is 2. The lowest BCUT2D eigenvalue weighted by molar-refractivity contribution is -0.175. The minimum absolute atomic E-state index is 0.00251. The maximum absolute atomic E-state index is 13.6. The Bertz CT molecular complexity index is 1210. The van der Waals surface area contributed by atoms with Crippen molar-refractivity contribution in [2.45, 2.75) is 51.0 Å². The van der Waals surface area contributed by atoms with Gasteiger partial charge in [-0.25, -0.2) is 0 Å². The first-order valence-corrected chi connectivity index (χ1v) is 11.3. The van der Waals surface area contributed by atoms with Crippen molar-refractivity contribution >= 4 is 45.9 Å². The molecule has 3 aliphatic carbocycles. The van der Waals surface area contributed by atoms with Crippen molar-refractivity contribution in [1.82, 2.24) is 0 Å². The maximum atomic E-state index is 13.6. The van der Waals surface area contributed by atoms with Gasteiger partial charge in [0.1, 0.15) is 5.75 Å². The molecule has 0 aliphatic heterocycles. The lowest BCUT2D eigenvalue weighted by Crippen LogP contribution is -2.68. The van der Waals surface area contributed by atoms with Crippen LogP contribution < -0.4 is 5.73 Å². The number of hydrogen-bond donors (Lipinski definition) is 3. The van der Waals surface area contributed by atoms with E-state index in [4.69, 9.17) is 17.3 Å². The van der Waals surface area contributed by atoms with Crippen molar-refractivity contribution in [3.8, 4) is 5.75 Å². The van der Waals surface area contributed by atoms with Crippen molar-refractivity contribution in [3.63, 3.8) is 0 Å². The Labute approximate surface area is 199 Å². The van der Waals surface area contributed by atoms with E-state index in [2.05, 4.69) is 0 Å². The van der Waals surface area contributed by atoms with Crippen molar-refractivity contribution in [2.75, 3.05) is 0 Å². The summed E-state index contributed by atoms with van der Waals surface area (Å²) >= 11 is 5.81. The number of benzene rings is 1. The lowest BCUT2D eigenvalue weighted by Gasteiger charge is -2.48. The molecular formula is C24H24ClNO8. The van der Waals surface area contributed by atoms with E-state index in [0.717, 1.165) is 0 Å². The van der Waals surface area contributed by atoms with Crippen LogP contribution in [0.15, 0.2) is 6.07 Å². The van der Waals surface area contributed by atoms with Crippen LogP contribution in [0.25, 0.3) is 0 Å². The summed E-state index contributed by atoms with van der Waals surface area (Å²) in [5.74, 6) is -11.1. The number of Topliss-reactive ketones (excluding diaryl/α,β-unsaturated/α-hetero) is 4. The first-order chi connectivity index (χ1) is 15.6. The van der Waals surface area contributed by atoms with E-state index in [9.17, 15) is 39.0 Å². The monoisotopic (exact) mass is 489 g/mol. The Kier molecular flexibility index (Phi) is 5.38. The van der Waals surface area contributed by atoms with Crippen molar-refractivity contribution in [1.29, 1.82) is 0 Å². The molecule has 9 nitrogen and oxygen atoms in total. The molecule has 1 aromatic carbocycles. The summed E-state index contributed by atoms with van der Waals surface area (Å²) in [7, 11) is 0. The van der Waals surface area contributed by atoms with Crippen LogP contribution in [0.2, 0.25) is 0 Å². The van der Waals surface area contributed by atoms with Crippen LogP contribution in [-0.2, 0) is 31.0 Å². The first-order valence-electron chi connectivity index (χ1n) is 10.9. The summed E-state index contributed by atoms with van der Waals surface area (Å²) in [6.45, 7) is 5.27. The highest BCUT2D eigenvalue weighted by molar-refractivity contribution is 6.68. The van der Waals surface area contributed by atoms with Crippen molar-refractivity contribution in [3.05, 3.63) is 28.3 Å². The molecule has 2 unspecified atom stereocenters. The Balaban J connectivity index is 1.89. The van der Waals surface area contributed by atoms with Gasteiger partial charge in [-0.1, -0.05) is 20.8 Å². The zero-order valence-corrected chi connectivity index (χ0v) is 19.6. The summed E-state index contributed by atoms with van der Waals surface area (Å²) in [6, 6.07) is 1.43. The van der Waals surface area contributed by atoms with Gasteiger partial charge in [0.15, 0.2) is 34.7 Å². The van der Waals surface area contributed by atoms with Gasteiger partial charge in [0, 0.05) is 23.5 Å². The smallest absolute Gasteiger partial charge is 0.252 e. The molecule has 10 heteroatoms. The fourth-order valence-corrected chi connectivity index (χ4v) is 5.95. The zero-order valence-electron chi connectivity index (χ0n) is 18.8. The van der Waals surface area contributed by atoms with E-state index in [0.29, 0.717) is 0 Å². The minimum atomic E-state index is -2.72. The second-order valence-electron chi connectivity index (χ2n) is 10.4. The van der Waals surface area contributed by atoms with E-state index >= 15 is 0 Å². The highest BCUT2D eigenvalue weighted by atomic mass is 35.5. The van der Waals surface area contributed by atoms with Gasteiger partial charge in [0.05, 0.1) is 11.5 Å². The Morgan fingerprint density at radius 2 is 1.74 bits per heavy atom. The second kappa shape index (κ2) is 7.55. The molecule has 0 bridgehead atoms. The number of hydrogen-bond acceptors (Lipinski definition) is 8. The highest BCUT2D eigenvalue weighted by Gasteiger charge is 2.66. The number of phenolic OH excluding ortho intramolecular Hbond substituents is 1. The van der Waals surface area contributed by atoms with Crippen LogP contribution in [0, 0.1) is 23.7 Å². The fraction of sp³-hybridized carbons (Fsp3) is 0.500. The predicted molar refractivity (Wildman–Crippen MR) is 117 cm³/mol. The quantitative estimate of drug-likeness (QED) is 0.408. The molecule has 0 aromatic heterocycles. The number of aliphatic hydroxyl groups is 1. The molecular weight excluding hydrogens is 466 g/mol. The van der Waals surface area contributed by atoms with Crippen LogP contribution in [0.3, 0.4) is 0 Å². The van der Waals surface area contributed by atoms with Gasteiger partial charge < -0.3 is 15.9 Å². The van der Waals surface area contributed by atoms with Crippen LogP contribution in [0.5, 0.6) is 5.75 Å². The topological polar surface area (TPSA) is 169 Å². The number of nitrogens with two attached hydrogens (primary N) is 1. The molecule has 2 saturated carbocycles. The first kappa shape index (κ1) is 24.2. The lowest BCUT2D eigenvalue weighted by atomic mass is 9.53. The number of halogens is 1. The molecule has 4 rings (SSSR count). The molecule has 5 atom stereocenters. The fourth-order valence-electron chi connectivity index (χ4n) is 5.78. The Morgan fingerprint density at radius 1 is 1.12 bits per heavy atom. The average molecular weight is 490 g/mol. The zero-order chi connectivity index (χ0) is 25.5. The number of phenols is 1. The second-order valence-corrected chi connectivity index (χ2v) is 10.8. The Morgan fingerprint density at radius 3 is 2.26 bits per heavy atom. The number of fused-ring (bicyclic) bond motifs is 3. The van der Waals surface area contributed by atoms with Crippen LogP contribution in [0.4, 0.5) is 0 Å². The largest absolute Gasteiger partial charge is 0.507 e.